The van der Waals surface area contributed by atoms with E-state index in [0.29, 0.717) is 25.1 Å². The highest BCUT2D eigenvalue weighted by atomic mass is 16.5. The van der Waals surface area contributed by atoms with E-state index >= 15 is 0 Å². The highest BCUT2D eigenvalue weighted by Crippen LogP contribution is 2.15. The number of aromatic amines is 2. The number of esters is 2. The molecule has 0 radical (unpaired) electrons. The van der Waals surface area contributed by atoms with Gasteiger partial charge in [0, 0.05) is 18.8 Å². The monoisotopic (exact) mass is 560 g/mol. The fourth-order valence-corrected chi connectivity index (χ4v) is 4.19. The molecule has 0 aromatic carbocycles. The number of anilines is 1. The van der Waals surface area contributed by atoms with E-state index in [1.807, 2.05) is 13.8 Å². The average molecular weight is 561 g/mol. The Kier molecular flexibility index (Phi) is 15.0. The van der Waals surface area contributed by atoms with Gasteiger partial charge in [0.25, 0.3) is 5.56 Å². The second kappa shape index (κ2) is 18.2. The lowest BCUT2D eigenvalue weighted by atomic mass is 10.0. The Morgan fingerprint density at radius 1 is 0.975 bits per heavy atom. The van der Waals surface area contributed by atoms with Crippen LogP contribution in [0.5, 0.6) is 0 Å². The van der Waals surface area contributed by atoms with Crippen LogP contribution in [0.4, 0.5) is 5.95 Å². The van der Waals surface area contributed by atoms with Crippen LogP contribution in [-0.4, -0.2) is 51.1 Å². The fraction of sp³-hybridized carbons (Fsp3) is 0.690. The van der Waals surface area contributed by atoms with Gasteiger partial charge in [0.15, 0.2) is 11.2 Å². The number of ether oxygens (including phenoxy) is 2. The molecule has 11 nitrogen and oxygen atoms in total. The van der Waals surface area contributed by atoms with Gasteiger partial charge in [0.1, 0.15) is 11.9 Å². The molecule has 2 heterocycles. The molecule has 2 aromatic rings. The van der Waals surface area contributed by atoms with E-state index in [9.17, 15) is 14.4 Å². The number of H-pyrrole nitrogens is 2. The quantitative estimate of drug-likeness (QED) is 0.104. The predicted octanol–water partition coefficient (Wildman–Crippen LogP) is 4.32. The van der Waals surface area contributed by atoms with Crippen molar-refractivity contribution in [2.45, 2.75) is 104 Å². The summed E-state index contributed by atoms with van der Waals surface area (Å²) in [5.41, 5.74) is 11.5. The van der Waals surface area contributed by atoms with Gasteiger partial charge in [-0.2, -0.15) is 4.98 Å². The van der Waals surface area contributed by atoms with Crippen molar-refractivity contribution in [3.63, 3.8) is 0 Å². The van der Waals surface area contributed by atoms with Crippen LogP contribution in [-0.2, 0) is 25.5 Å². The lowest BCUT2D eigenvalue weighted by Gasteiger charge is -2.19. The van der Waals surface area contributed by atoms with Crippen molar-refractivity contribution in [2.24, 2.45) is 17.6 Å². The summed E-state index contributed by atoms with van der Waals surface area (Å²) in [6, 6.07) is -0.724. The molecule has 224 valence electrons. The summed E-state index contributed by atoms with van der Waals surface area (Å²) in [6.07, 6.45) is 15.8. The van der Waals surface area contributed by atoms with E-state index in [1.54, 1.807) is 0 Å². The fourth-order valence-electron chi connectivity index (χ4n) is 4.19. The number of aromatic nitrogens is 4. The van der Waals surface area contributed by atoms with Gasteiger partial charge in [0.05, 0.1) is 13.2 Å². The maximum atomic E-state index is 12.3. The van der Waals surface area contributed by atoms with E-state index in [4.69, 9.17) is 20.9 Å². The molecule has 40 heavy (non-hydrogen) atoms. The second-order valence-corrected chi connectivity index (χ2v) is 10.7. The third kappa shape index (κ3) is 12.3. The number of fused-ring (bicyclic) bond motifs is 1. The Balaban J connectivity index is 1.77. The zero-order chi connectivity index (χ0) is 29.3. The number of nitrogen functional groups attached to an aromatic ring is 1. The summed E-state index contributed by atoms with van der Waals surface area (Å²) >= 11 is 0. The third-order valence-corrected chi connectivity index (χ3v) is 6.79. The number of rotatable bonds is 20. The number of carbonyl (C=O) groups is 2. The SMILES string of the molecule is CCCCC=CCCCCCCCC(=O)OCCC(COC(=O)[C@@H](N)C(C)C)Cc1nc2nc(N)[nH]c(=O)c2[nH]1. The summed E-state index contributed by atoms with van der Waals surface area (Å²) in [5, 5.41) is 0. The molecule has 0 saturated heterocycles. The minimum absolute atomic E-state index is 0.0226. The van der Waals surface area contributed by atoms with Crippen molar-refractivity contribution in [3.8, 4) is 0 Å². The first kappa shape index (κ1) is 33.0. The smallest absolute Gasteiger partial charge is 0.323 e. The molecule has 2 atom stereocenters. The van der Waals surface area contributed by atoms with Gasteiger partial charge in [-0.3, -0.25) is 19.4 Å². The Morgan fingerprint density at radius 2 is 1.68 bits per heavy atom. The van der Waals surface area contributed by atoms with Crippen molar-refractivity contribution >= 4 is 29.1 Å². The second-order valence-electron chi connectivity index (χ2n) is 10.7. The van der Waals surface area contributed by atoms with Crippen LogP contribution in [0.15, 0.2) is 16.9 Å². The molecule has 0 aliphatic carbocycles. The van der Waals surface area contributed by atoms with E-state index in [1.165, 1.54) is 32.1 Å². The lowest BCUT2D eigenvalue weighted by molar-refractivity contribution is -0.149. The number of unbranched alkanes of at least 4 members (excludes halogenated alkanes) is 7. The first-order valence-corrected chi connectivity index (χ1v) is 14.7. The Bertz CT molecular complexity index is 1130. The van der Waals surface area contributed by atoms with Crippen molar-refractivity contribution in [3.05, 3.63) is 28.3 Å². The molecule has 0 amide bonds. The molecule has 0 aliphatic heterocycles. The molecule has 0 bridgehead atoms. The van der Waals surface area contributed by atoms with Gasteiger partial charge in [-0.1, -0.05) is 65.0 Å². The minimum atomic E-state index is -0.724. The first-order valence-electron chi connectivity index (χ1n) is 14.7. The highest BCUT2D eigenvalue weighted by molar-refractivity contribution is 5.75. The van der Waals surface area contributed by atoms with Gasteiger partial charge in [-0.25, -0.2) is 4.98 Å². The summed E-state index contributed by atoms with van der Waals surface area (Å²) < 4.78 is 10.9. The number of nitrogens with one attached hydrogen (secondary N) is 2. The molecule has 0 saturated carbocycles. The maximum Gasteiger partial charge on any atom is 0.323 e. The predicted molar refractivity (Wildman–Crippen MR) is 156 cm³/mol. The normalized spacial score (nSPS) is 13.2. The van der Waals surface area contributed by atoms with Gasteiger partial charge < -0.3 is 25.9 Å². The molecule has 2 rings (SSSR count). The van der Waals surface area contributed by atoms with E-state index in [0.717, 1.165) is 25.7 Å². The molecule has 6 N–H and O–H groups in total. The van der Waals surface area contributed by atoms with E-state index < -0.39 is 17.6 Å². The highest BCUT2D eigenvalue weighted by Gasteiger charge is 2.22. The first-order chi connectivity index (χ1) is 19.2. The number of nitrogens with zero attached hydrogens (tertiary/aromatic N) is 2. The molecule has 11 heteroatoms. The summed E-state index contributed by atoms with van der Waals surface area (Å²) in [6.45, 7) is 6.16. The largest absolute Gasteiger partial charge is 0.466 e. The number of hydrogen-bond donors (Lipinski definition) is 4. The van der Waals surface area contributed by atoms with Gasteiger partial charge in [-0.15, -0.1) is 0 Å². The Hall–Kier alpha value is -3.21. The molecule has 0 fully saturated rings. The standard InChI is InChI=1S/C29H48N6O5/c1-4-5-6-7-8-9-10-11-12-13-14-15-23(36)39-17-16-21(19-40-28(38)24(30)20(2)3)18-22-32-25-26(33-22)34-29(31)35-27(25)37/h7-8,20-21,24H,4-6,9-19,30H2,1-3H3,(H4,31,32,33,34,35,37)/t21?,24-/m0/s1. The third-order valence-electron chi connectivity index (χ3n) is 6.79. The minimum Gasteiger partial charge on any atom is -0.466 e. The van der Waals surface area contributed by atoms with Crippen LogP contribution < -0.4 is 17.0 Å². The summed E-state index contributed by atoms with van der Waals surface area (Å²) in [5.74, 6) is -0.519. The van der Waals surface area contributed by atoms with E-state index in [2.05, 4.69) is 39.0 Å². The zero-order valence-corrected chi connectivity index (χ0v) is 24.4. The molecule has 0 aliphatic rings. The van der Waals surface area contributed by atoms with Crippen LogP contribution in [0, 0.1) is 11.8 Å². The molecular formula is C29H48N6O5. The van der Waals surface area contributed by atoms with Crippen LogP contribution in [0.1, 0.15) is 97.2 Å². The zero-order valence-electron chi connectivity index (χ0n) is 24.4. The van der Waals surface area contributed by atoms with Crippen LogP contribution in [0.25, 0.3) is 11.2 Å². The van der Waals surface area contributed by atoms with Crippen LogP contribution in [0.2, 0.25) is 0 Å². The van der Waals surface area contributed by atoms with Crippen LogP contribution in [0.3, 0.4) is 0 Å². The average Bonchev–Trinajstić information content (AvgIpc) is 3.32. The van der Waals surface area contributed by atoms with Gasteiger partial charge in [0.2, 0.25) is 5.95 Å². The number of nitrogens with two attached hydrogens (primary N) is 2. The number of allylic oxidation sites excluding steroid dienone is 2. The van der Waals surface area contributed by atoms with Crippen molar-refractivity contribution < 1.29 is 19.1 Å². The van der Waals surface area contributed by atoms with Gasteiger partial charge in [-0.05, 0) is 38.0 Å². The van der Waals surface area contributed by atoms with Crippen molar-refractivity contribution in [1.29, 1.82) is 0 Å². The van der Waals surface area contributed by atoms with Crippen molar-refractivity contribution in [1.82, 2.24) is 19.9 Å². The van der Waals surface area contributed by atoms with Crippen LogP contribution >= 0.6 is 0 Å². The summed E-state index contributed by atoms with van der Waals surface area (Å²) in [7, 11) is 0. The Labute approximate surface area is 236 Å². The number of imidazole rings is 1. The lowest BCUT2D eigenvalue weighted by Crippen LogP contribution is -2.38. The molecule has 2 aromatic heterocycles. The maximum absolute atomic E-state index is 12.3. The number of carbonyl (C=O) groups excluding carboxylic acids is 2. The van der Waals surface area contributed by atoms with Gasteiger partial charge >= 0.3 is 11.9 Å². The van der Waals surface area contributed by atoms with Crippen molar-refractivity contribution in [2.75, 3.05) is 18.9 Å². The molecule has 1 unspecified atom stereocenters. The molecular weight excluding hydrogens is 512 g/mol. The number of hydrogen-bond acceptors (Lipinski definition) is 9. The Morgan fingerprint density at radius 3 is 2.40 bits per heavy atom. The topological polar surface area (TPSA) is 179 Å². The summed E-state index contributed by atoms with van der Waals surface area (Å²) in [4.78, 5) is 50.5. The van der Waals surface area contributed by atoms with E-state index in [-0.39, 0.29) is 48.1 Å². The molecule has 0 spiro atoms.